The molecular formula is C11H19BrN4O. The van der Waals surface area contributed by atoms with Gasteiger partial charge in [0.2, 0.25) is 0 Å². The van der Waals surface area contributed by atoms with Crippen LogP contribution in [0.2, 0.25) is 0 Å². The van der Waals surface area contributed by atoms with Crippen molar-refractivity contribution >= 4 is 21.8 Å². The first kappa shape index (κ1) is 14.2. The molecule has 0 bridgehead atoms. The second-order valence-electron chi connectivity index (χ2n) is 4.09. The van der Waals surface area contributed by atoms with Crippen LogP contribution in [0.3, 0.4) is 0 Å². The molecule has 0 saturated carbocycles. The Hall–Kier alpha value is -0.880. The van der Waals surface area contributed by atoms with Crippen LogP contribution in [0.1, 0.15) is 23.8 Å². The van der Waals surface area contributed by atoms with E-state index in [0.717, 1.165) is 24.0 Å². The Labute approximate surface area is 110 Å². The fourth-order valence-electron chi connectivity index (χ4n) is 1.39. The maximum Gasteiger partial charge on any atom is 0.272 e. The predicted octanol–water partition coefficient (Wildman–Crippen LogP) is 1.35. The molecule has 0 aliphatic rings. The number of aryl methyl sites for hydroxylation is 1. The van der Waals surface area contributed by atoms with Crippen molar-refractivity contribution in [3.8, 4) is 0 Å². The van der Waals surface area contributed by atoms with Crippen LogP contribution in [-0.4, -0.2) is 47.8 Å². The van der Waals surface area contributed by atoms with Crippen molar-refractivity contribution in [3.63, 3.8) is 0 Å². The number of rotatable bonds is 6. The predicted molar refractivity (Wildman–Crippen MR) is 71.1 cm³/mol. The Morgan fingerprint density at radius 3 is 2.82 bits per heavy atom. The molecule has 0 atom stereocenters. The molecule has 1 aromatic rings. The average Bonchev–Trinajstić information content (AvgIpc) is 2.65. The van der Waals surface area contributed by atoms with Crippen LogP contribution in [0.25, 0.3) is 0 Å². The fourth-order valence-corrected chi connectivity index (χ4v) is 1.89. The second-order valence-corrected chi connectivity index (χ2v) is 4.95. The molecule has 1 amide bonds. The minimum absolute atomic E-state index is 0.122. The lowest BCUT2D eigenvalue weighted by molar-refractivity contribution is 0.0945. The SMILES string of the molecule is CCn1cc(Br)c(C(=O)NCCCN(C)C)n1. The summed E-state index contributed by atoms with van der Waals surface area (Å²) >= 11 is 3.34. The van der Waals surface area contributed by atoms with Gasteiger partial charge in [0, 0.05) is 19.3 Å². The number of hydrogen-bond acceptors (Lipinski definition) is 3. The minimum Gasteiger partial charge on any atom is -0.351 e. The zero-order valence-electron chi connectivity index (χ0n) is 10.5. The highest BCUT2D eigenvalue weighted by atomic mass is 79.9. The summed E-state index contributed by atoms with van der Waals surface area (Å²) in [6, 6.07) is 0. The van der Waals surface area contributed by atoms with Crippen LogP contribution in [-0.2, 0) is 6.54 Å². The maximum atomic E-state index is 11.8. The summed E-state index contributed by atoms with van der Waals surface area (Å²) in [6.07, 6.45) is 2.75. The number of halogens is 1. The van der Waals surface area contributed by atoms with Crippen LogP contribution in [0, 0.1) is 0 Å². The summed E-state index contributed by atoms with van der Waals surface area (Å²) in [4.78, 5) is 13.9. The molecule has 1 aromatic heterocycles. The van der Waals surface area contributed by atoms with E-state index in [0.29, 0.717) is 12.2 Å². The summed E-state index contributed by atoms with van der Waals surface area (Å²) < 4.78 is 2.48. The topological polar surface area (TPSA) is 50.2 Å². The van der Waals surface area contributed by atoms with Gasteiger partial charge in [-0.15, -0.1) is 0 Å². The molecule has 1 rings (SSSR count). The summed E-state index contributed by atoms with van der Waals surface area (Å²) in [5.41, 5.74) is 0.455. The highest BCUT2D eigenvalue weighted by Gasteiger charge is 2.13. The molecule has 6 heteroatoms. The van der Waals surface area contributed by atoms with Crippen LogP contribution >= 0.6 is 15.9 Å². The second kappa shape index (κ2) is 6.76. The van der Waals surface area contributed by atoms with Gasteiger partial charge in [-0.2, -0.15) is 5.10 Å². The van der Waals surface area contributed by atoms with Crippen molar-refractivity contribution in [1.29, 1.82) is 0 Å². The van der Waals surface area contributed by atoms with E-state index in [9.17, 15) is 4.79 Å². The van der Waals surface area contributed by atoms with Gasteiger partial charge in [-0.1, -0.05) is 0 Å². The van der Waals surface area contributed by atoms with E-state index >= 15 is 0 Å². The fraction of sp³-hybridized carbons (Fsp3) is 0.636. The lowest BCUT2D eigenvalue weighted by Gasteiger charge is -2.09. The number of amides is 1. The Kier molecular flexibility index (Phi) is 5.64. The van der Waals surface area contributed by atoms with Crippen molar-refractivity contribution in [1.82, 2.24) is 20.0 Å². The number of hydrogen-bond donors (Lipinski definition) is 1. The highest BCUT2D eigenvalue weighted by Crippen LogP contribution is 2.14. The quantitative estimate of drug-likeness (QED) is 0.807. The molecule has 0 radical (unpaired) electrons. The van der Waals surface area contributed by atoms with Crippen LogP contribution in [0.5, 0.6) is 0 Å². The van der Waals surface area contributed by atoms with Gasteiger partial charge in [0.15, 0.2) is 5.69 Å². The monoisotopic (exact) mass is 302 g/mol. The maximum absolute atomic E-state index is 11.8. The molecule has 0 spiro atoms. The van der Waals surface area contributed by atoms with E-state index in [1.807, 2.05) is 27.2 Å². The number of aromatic nitrogens is 2. The van der Waals surface area contributed by atoms with Crippen molar-refractivity contribution in [2.24, 2.45) is 0 Å². The number of carbonyl (C=O) groups is 1. The smallest absolute Gasteiger partial charge is 0.272 e. The molecule has 1 heterocycles. The van der Waals surface area contributed by atoms with Crippen molar-refractivity contribution < 1.29 is 4.79 Å². The van der Waals surface area contributed by atoms with Gasteiger partial charge in [-0.05, 0) is 49.9 Å². The van der Waals surface area contributed by atoms with E-state index in [-0.39, 0.29) is 5.91 Å². The number of carbonyl (C=O) groups excluding carboxylic acids is 1. The van der Waals surface area contributed by atoms with Gasteiger partial charge in [0.25, 0.3) is 5.91 Å². The van der Waals surface area contributed by atoms with Crippen molar-refractivity contribution in [2.45, 2.75) is 19.9 Å². The summed E-state index contributed by atoms with van der Waals surface area (Å²) in [5.74, 6) is -0.122. The van der Waals surface area contributed by atoms with Gasteiger partial charge in [0.1, 0.15) is 0 Å². The van der Waals surface area contributed by atoms with Crippen molar-refractivity contribution in [3.05, 3.63) is 16.4 Å². The molecule has 0 fully saturated rings. The molecule has 0 aliphatic heterocycles. The summed E-state index contributed by atoms with van der Waals surface area (Å²) in [7, 11) is 4.03. The molecule has 1 N–H and O–H groups in total. The third kappa shape index (κ3) is 4.47. The van der Waals surface area contributed by atoms with Gasteiger partial charge >= 0.3 is 0 Å². The number of nitrogens with zero attached hydrogens (tertiary/aromatic N) is 3. The third-order valence-electron chi connectivity index (χ3n) is 2.32. The van der Waals surface area contributed by atoms with Crippen LogP contribution in [0.15, 0.2) is 10.7 Å². The molecular weight excluding hydrogens is 284 g/mol. The van der Waals surface area contributed by atoms with Gasteiger partial charge in [0.05, 0.1) is 4.47 Å². The number of nitrogens with one attached hydrogen (secondary N) is 1. The molecule has 0 aromatic carbocycles. The van der Waals surface area contributed by atoms with E-state index in [1.165, 1.54) is 0 Å². The molecule has 17 heavy (non-hydrogen) atoms. The van der Waals surface area contributed by atoms with E-state index in [2.05, 4.69) is 31.2 Å². The van der Waals surface area contributed by atoms with E-state index in [4.69, 9.17) is 0 Å². The largest absolute Gasteiger partial charge is 0.351 e. The third-order valence-corrected chi connectivity index (χ3v) is 2.90. The van der Waals surface area contributed by atoms with E-state index in [1.54, 1.807) is 4.68 Å². The van der Waals surface area contributed by atoms with Gasteiger partial charge in [-0.3, -0.25) is 9.48 Å². The average molecular weight is 303 g/mol. The zero-order chi connectivity index (χ0) is 12.8. The molecule has 0 saturated heterocycles. The minimum atomic E-state index is -0.122. The Morgan fingerprint density at radius 2 is 2.29 bits per heavy atom. The molecule has 0 unspecified atom stereocenters. The van der Waals surface area contributed by atoms with Gasteiger partial charge in [-0.25, -0.2) is 0 Å². The normalized spacial score (nSPS) is 10.9. The summed E-state index contributed by atoms with van der Waals surface area (Å²) in [6.45, 7) is 4.37. The lowest BCUT2D eigenvalue weighted by atomic mass is 10.3. The summed E-state index contributed by atoms with van der Waals surface area (Å²) in [5, 5.41) is 7.05. The highest BCUT2D eigenvalue weighted by molar-refractivity contribution is 9.10. The lowest BCUT2D eigenvalue weighted by Crippen LogP contribution is -2.27. The molecule has 5 nitrogen and oxygen atoms in total. The van der Waals surface area contributed by atoms with E-state index < -0.39 is 0 Å². The Balaban J connectivity index is 2.44. The van der Waals surface area contributed by atoms with Crippen LogP contribution < -0.4 is 5.32 Å². The first-order valence-electron chi connectivity index (χ1n) is 5.70. The molecule has 0 aliphatic carbocycles. The Bertz CT molecular complexity index is 376. The van der Waals surface area contributed by atoms with Crippen molar-refractivity contribution in [2.75, 3.05) is 27.2 Å². The first-order valence-corrected chi connectivity index (χ1v) is 6.49. The molecule has 96 valence electrons. The first-order chi connectivity index (χ1) is 8.04. The van der Waals surface area contributed by atoms with Crippen LogP contribution in [0.4, 0.5) is 0 Å². The zero-order valence-corrected chi connectivity index (χ0v) is 12.1. The Morgan fingerprint density at radius 1 is 1.59 bits per heavy atom. The standard InChI is InChI=1S/C11H19BrN4O/c1-4-16-8-9(12)10(14-16)11(17)13-6-5-7-15(2)3/h8H,4-7H2,1-3H3,(H,13,17). The van der Waals surface area contributed by atoms with Gasteiger partial charge < -0.3 is 10.2 Å².